The standard InChI is InChI=1S/C28H28ClNO5S/c1-3-7-19-16-22(35-21-8-5-4-6-9-21)11-13-24(19)34-18(2)14-15-33-25-12-10-20(17-23(25)29)26-27(31)36-28(32)30-26/h4-6,8-13,16-18,26H,3,7,14-15H2,1-2H3,(H,30,32). The highest BCUT2D eigenvalue weighted by Crippen LogP contribution is 2.33. The smallest absolute Gasteiger partial charge is 0.287 e. The average molecular weight is 526 g/mol. The van der Waals surface area contributed by atoms with Gasteiger partial charge in [0.05, 0.1) is 17.7 Å². The number of aryl methyl sites for hydroxylation is 1. The van der Waals surface area contributed by atoms with Crippen molar-refractivity contribution in [2.24, 2.45) is 0 Å². The van der Waals surface area contributed by atoms with E-state index in [1.54, 1.807) is 18.2 Å². The molecule has 0 spiro atoms. The molecule has 36 heavy (non-hydrogen) atoms. The number of thioether (sulfide) groups is 1. The molecule has 0 saturated carbocycles. The Bertz CT molecular complexity index is 1220. The van der Waals surface area contributed by atoms with Gasteiger partial charge in [0.15, 0.2) is 0 Å². The van der Waals surface area contributed by atoms with Crippen molar-refractivity contribution in [2.45, 2.75) is 45.3 Å². The van der Waals surface area contributed by atoms with Crippen LogP contribution >= 0.6 is 23.4 Å². The molecular formula is C28H28ClNO5S. The fourth-order valence-electron chi connectivity index (χ4n) is 3.82. The maximum Gasteiger partial charge on any atom is 0.287 e. The lowest BCUT2D eigenvalue weighted by Gasteiger charge is -2.19. The van der Waals surface area contributed by atoms with Crippen LogP contribution in [0, 0.1) is 0 Å². The Kier molecular flexibility index (Phi) is 8.78. The van der Waals surface area contributed by atoms with E-state index in [0.29, 0.717) is 41.1 Å². The predicted molar refractivity (Wildman–Crippen MR) is 142 cm³/mol. The molecule has 2 atom stereocenters. The van der Waals surface area contributed by atoms with Crippen LogP contribution in [-0.4, -0.2) is 23.1 Å². The quantitative estimate of drug-likeness (QED) is 0.282. The Morgan fingerprint density at radius 1 is 1.00 bits per heavy atom. The van der Waals surface area contributed by atoms with E-state index in [1.807, 2.05) is 55.5 Å². The molecule has 1 fully saturated rings. The van der Waals surface area contributed by atoms with Gasteiger partial charge in [-0.2, -0.15) is 0 Å². The zero-order chi connectivity index (χ0) is 25.5. The van der Waals surface area contributed by atoms with Crippen LogP contribution in [0.4, 0.5) is 4.79 Å². The molecule has 1 heterocycles. The normalized spacial score (nSPS) is 15.9. The van der Waals surface area contributed by atoms with E-state index in [4.69, 9.17) is 25.8 Å². The van der Waals surface area contributed by atoms with Gasteiger partial charge in [0.25, 0.3) is 5.24 Å². The second-order valence-electron chi connectivity index (χ2n) is 8.48. The fraction of sp³-hybridized carbons (Fsp3) is 0.286. The van der Waals surface area contributed by atoms with Crippen molar-refractivity contribution in [3.63, 3.8) is 0 Å². The number of amides is 1. The van der Waals surface area contributed by atoms with Gasteiger partial charge in [-0.25, -0.2) is 0 Å². The number of carbonyl (C=O) groups is 2. The molecule has 1 saturated heterocycles. The lowest BCUT2D eigenvalue weighted by atomic mass is 10.1. The summed E-state index contributed by atoms with van der Waals surface area (Å²) in [6, 6.07) is 20.0. The first kappa shape index (κ1) is 25.9. The number of halogens is 1. The third-order valence-electron chi connectivity index (χ3n) is 5.62. The van der Waals surface area contributed by atoms with Gasteiger partial charge >= 0.3 is 0 Å². The van der Waals surface area contributed by atoms with Gasteiger partial charge in [0, 0.05) is 18.2 Å². The number of nitrogens with one attached hydrogen (secondary N) is 1. The van der Waals surface area contributed by atoms with Crippen molar-refractivity contribution in [1.82, 2.24) is 5.32 Å². The summed E-state index contributed by atoms with van der Waals surface area (Å²) in [4.78, 5) is 23.4. The molecule has 0 aliphatic carbocycles. The van der Waals surface area contributed by atoms with Crippen molar-refractivity contribution in [3.05, 3.63) is 82.9 Å². The van der Waals surface area contributed by atoms with Gasteiger partial charge in [-0.1, -0.05) is 49.2 Å². The van der Waals surface area contributed by atoms with Crippen LogP contribution in [-0.2, 0) is 11.2 Å². The molecule has 0 aromatic heterocycles. The molecule has 1 aliphatic heterocycles. The molecule has 0 radical (unpaired) electrons. The first-order chi connectivity index (χ1) is 17.4. The predicted octanol–water partition coefficient (Wildman–Crippen LogP) is 7.35. The maximum atomic E-state index is 11.9. The minimum atomic E-state index is -0.677. The van der Waals surface area contributed by atoms with Gasteiger partial charge in [-0.15, -0.1) is 0 Å². The fourth-order valence-corrected chi connectivity index (χ4v) is 4.74. The van der Waals surface area contributed by atoms with E-state index in [2.05, 4.69) is 12.2 Å². The zero-order valence-corrected chi connectivity index (χ0v) is 21.7. The number of hydrogen-bond acceptors (Lipinski definition) is 6. The minimum Gasteiger partial charge on any atom is -0.492 e. The van der Waals surface area contributed by atoms with Gasteiger partial charge in [-0.3, -0.25) is 9.59 Å². The monoisotopic (exact) mass is 525 g/mol. The number of hydrogen-bond donors (Lipinski definition) is 1. The lowest BCUT2D eigenvalue weighted by Crippen LogP contribution is -2.20. The van der Waals surface area contributed by atoms with E-state index in [-0.39, 0.29) is 16.5 Å². The molecule has 188 valence electrons. The summed E-state index contributed by atoms with van der Waals surface area (Å²) in [6.07, 6.45) is 2.45. The molecule has 3 aromatic carbocycles. The molecule has 6 nitrogen and oxygen atoms in total. The third kappa shape index (κ3) is 6.74. The minimum absolute atomic E-state index is 0.0807. The Labute approximate surface area is 220 Å². The van der Waals surface area contributed by atoms with E-state index >= 15 is 0 Å². The second kappa shape index (κ2) is 12.2. The summed E-state index contributed by atoms with van der Waals surface area (Å²) in [6.45, 7) is 4.55. The lowest BCUT2D eigenvalue weighted by molar-refractivity contribution is -0.112. The largest absolute Gasteiger partial charge is 0.492 e. The van der Waals surface area contributed by atoms with E-state index in [1.165, 1.54) is 0 Å². The van der Waals surface area contributed by atoms with Crippen LogP contribution in [0.2, 0.25) is 5.02 Å². The molecule has 8 heteroatoms. The van der Waals surface area contributed by atoms with Crippen molar-refractivity contribution >= 4 is 33.7 Å². The number of rotatable bonds is 11. The van der Waals surface area contributed by atoms with Crippen LogP contribution < -0.4 is 19.5 Å². The third-order valence-corrected chi connectivity index (χ3v) is 6.66. The van der Waals surface area contributed by atoms with Crippen molar-refractivity contribution in [3.8, 4) is 23.0 Å². The summed E-state index contributed by atoms with van der Waals surface area (Å²) in [7, 11) is 0. The summed E-state index contributed by atoms with van der Waals surface area (Å²) in [5, 5.41) is 2.43. The Hall–Kier alpha value is -3.16. The van der Waals surface area contributed by atoms with Gasteiger partial charge < -0.3 is 19.5 Å². The number of para-hydroxylation sites is 1. The molecule has 1 N–H and O–H groups in total. The maximum absolute atomic E-state index is 11.9. The highest BCUT2D eigenvalue weighted by atomic mass is 35.5. The molecular weight excluding hydrogens is 498 g/mol. The second-order valence-corrected chi connectivity index (χ2v) is 9.86. The average Bonchev–Trinajstić information content (AvgIpc) is 3.20. The van der Waals surface area contributed by atoms with Crippen LogP contribution in [0.3, 0.4) is 0 Å². The van der Waals surface area contributed by atoms with Crippen LogP contribution in [0.1, 0.15) is 43.9 Å². The first-order valence-corrected chi connectivity index (χ1v) is 13.1. The van der Waals surface area contributed by atoms with Gasteiger partial charge in [-0.05, 0) is 66.9 Å². The molecule has 0 bridgehead atoms. The Balaban J connectivity index is 1.32. The molecule has 1 amide bonds. The molecule has 3 aromatic rings. The summed E-state index contributed by atoms with van der Waals surface area (Å²) >= 11 is 7.04. The van der Waals surface area contributed by atoms with Gasteiger partial charge in [0.2, 0.25) is 5.12 Å². The van der Waals surface area contributed by atoms with Crippen molar-refractivity contribution in [1.29, 1.82) is 0 Å². The zero-order valence-electron chi connectivity index (χ0n) is 20.2. The number of ether oxygens (including phenoxy) is 3. The van der Waals surface area contributed by atoms with Crippen LogP contribution in [0.5, 0.6) is 23.0 Å². The molecule has 2 unspecified atom stereocenters. The SMILES string of the molecule is CCCc1cc(Oc2ccccc2)ccc1OC(C)CCOc1ccc(C2NC(=O)SC2=O)cc1Cl. The van der Waals surface area contributed by atoms with Gasteiger partial charge in [0.1, 0.15) is 29.0 Å². The van der Waals surface area contributed by atoms with Crippen molar-refractivity contribution < 1.29 is 23.8 Å². The molecule has 4 rings (SSSR count). The Morgan fingerprint density at radius 3 is 2.47 bits per heavy atom. The van der Waals surface area contributed by atoms with Crippen LogP contribution in [0.15, 0.2) is 66.7 Å². The number of benzene rings is 3. The first-order valence-electron chi connectivity index (χ1n) is 11.9. The summed E-state index contributed by atoms with van der Waals surface area (Å²) < 4.78 is 18.1. The molecule has 1 aliphatic rings. The number of carbonyl (C=O) groups excluding carboxylic acids is 2. The summed E-state index contributed by atoms with van der Waals surface area (Å²) in [5.74, 6) is 2.94. The van der Waals surface area contributed by atoms with E-state index in [9.17, 15) is 9.59 Å². The summed E-state index contributed by atoms with van der Waals surface area (Å²) in [5.41, 5.74) is 1.74. The highest BCUT2D eigenvalue weighted by molar-refractivity contribution is 8.26. The Morgan fingerprint density at radius 2 is 1.78 bits per heavy atom. The van der Waals surface area contributed by atoms with E-state index in [0.717, 1.165) is 35.7 Å². The topological polar surface area (TPSA) is 73.9 Å². The van der Waals surface area contributed by atoms with Crippen LogP contribution in [0.25, 0.3) is 0 Å². The van der Waals surface area contributed by atoms with E-state index < -0.39 is 6.04 Å². The van der Waals surface area contributed by atoms with Crippen molar-refractivity contribution in [2.75, 3.05) is 6.61 Å². The highest BCUT2D eigenvalue weighted by Gasteiger charge is 2.32.